The summed E-state index contributed by atoms with van der Waals surface area (Å²) in [6.07, 6.45) is 7.46. The smallest absolute Gasteiger partial charge is 0.338 e. The lowest BCUT2D eigenvalue weighted by atomic mass is 9.73. The highest BCUT2D eigenvalue weighted by molar-refractivity contribution is 14.1. The van der Waals surface area contributed by atoms with E-state index < -0.39 is 10.9 Å². The summed E-state index contributed by atoms with van der Waals surface area (Å²) in [5, 5.41) is 10.7. The second kappa shape index (κ2) is 8.50. The molecule has 8 nitrogen and oxygen atoms in total. The van der Waals surface area contributed by atoms with Gasteiger partial charge in [-0.1, -0.05) is 0 Å². The number of amidine groups is 1. The van der Waals surface area contributed by atoms with Crippen molar-refractivity contribution in [1.29, 1.82) is 0 Å². The average Bonchev–Trinajstić information content (AvgIpc) is 2.97. The summed E-state index contributed by atoms with van der Waals surface area (Å²) in [5.41, 5.74) is 2.46. The number of quaternary nitrogens is 1. The Morgan fingerprint density at radius 2 is 2.04 bits per heavy atom. The zero-order chi connectivity index (χ0) is 19.0. The summed E-state index contributed by atoms with van der Waals surface area (Å²) in [6, 6.07) is 5.44. The van der Waals surface area contributed by atoms with Crippen molar-refractivity contribution in [3.8, 4) is 0 Å². The summed E-state index contributed by atoms with van der Waals surface area (Å²) in [6.45, 7) is 0.348. The molecule has 0 spiro atoms. The molecule has 0 saturated heterocycles. The van der Waals surface area contributed by atoms with Crippen LogP contribution in [0.15, 0.2) is 58.0 Å². The van der Waals surface area contributed by atoms with E-state index in [-0.39, 0.29) is 18.1 Å². The quantitative estimate of drug-likeness (QED) is 0.184. The van der Waals surface area contributed by atoms with Crippen molar-refractivity contribution in [2.45, 2.75) is 12.8 Å². The maximum absolute atomic E-state index is 12.1. The molecule has 1 aromatic carbocycles. The number of hydrogen-bond acceptors (Lipinski definition) is 6. The monoisotopic (exact) mass is 514 g/mol. The van der Waals surface area contributed by atoms with Crippen molar-refractivity contribution in [3.05, 3.63) is 63.7 Å². The van der Waals surface area contributed by atoms with Gasteiger partial charge in [0.25, 0.3) is 9.53 Å². The largest absolute Gasteiger partial charge is 1.00 e. The van der Waals surface area contributed by atoms with E-state index in [4.69, 9.17) is 9.73 Å². The van der Waals surface area contributed by atoms with Crippen molar-refractivity contribution in [1.82, 2.24) is 0 Å². The van der Waals surface area contributed by atoms with Crippen LogP contribution in [0.5, 0.6) is 0 Å². The van der Waals surface area contributed by atoms with Gasteiger partial charge in [0.05, 0.1) is 52.1 Å². The highest BCUT2D eigenvalue weighted by Crippen LogP contribution is 2.41. The number of nitrogens with zero attached hydrogens (tertiary/aromatic N) is 3. The third kappa shape index (κ3) is 4.01. The lowest BCUT2D eigenvalue weighted by Gasteiger charge is -2.34. The minimum absolute atomic E-state index is 0. The molecule has 1 N–H and O–H groups in total. The van der Waals surface area contributed by atoms with Crippen molar-refractivity contribution in [2.75, 3.05) is 6.61 Å². The van der Waals surface area contributed by atoms with E-state index in [0.29, 0.717) is 24.0 Å². The van der Waals surface area contributed by atoms with Gasteiger partial charge in [-0.25, -0.2) is 9.69 Å². The molecule has 1 unspecified atom stereocenters. The Morgan fingerprint density at radius 1 is 1.32 bits per heavy atom. The van der Waals surface area contributed by atoms with E-state index in [0.717, 1.165) is 33.0 Å². The standard InChI is InChI=1S/C18H15IN4O4.ClH/c19-18-21-16(15-9-20-5-6-22(15)18)13-7-11(8-13)10-27-17(24)12-1-3-14(4-2-12)23(25)26;/h1-6,9,11,13H,7-8,10H2;1H. The van der Waals surface area contributed by atoms with E-state index in [1.54, 1.807) is 6.20 Å². The molecule has 3 aliphatic rings. The van der Waals surface area contributed by atoms with Gasteiger partial charge < -0.3 is 17.1 Å². The molecule has 2 heterocycles. The third-order valence-corrected chi connectivity index (χ3v) is 5.75. The van der Waals surface area contributed by atoms with Gasteiger partial charge in [-0.05, 0) is 30.9 Å². The van der Waals surface area contributed by atoms with Crippen LogP contribution in [0.3, 0.4) is 0 Å². The summed E-state index contributed by atoms with van der Waals surface area (Å²) in [7, 11) is 0. The first-order chi connectivity index (χ1) is 13.0. The fourth-order valence-corrected chi connectivity index (χ4v) is 4.14. The van der Waals surface area contributed by atoms with Gasteiger partial charge in [0.2, 0.25) is 0 Å². The summed E-state index contributed by atoms with van der Waals surface area (Å²) < 4.78 is 6.36. The van der Waals surface area contributed by atoms with E-state index in [9.17, 15) is 14.9 Å². The minimum Gasteiger partial charge on any atom is -1.00 e. The Kier molecular flexibility index (Phi) is 6.26. The molecule has 1 saturated carbocycles. The SMILES string of the molecule is O=C(OCC1CC(C2=C3C=NC=C[NH+]3C(I)=N2)C1)c1ccc([N+](=O)[O-])cc1.[Cl-]. The van der Waals surface area contributed by atoms with Crippen LogP contribution in [0.25, 0.3) is 0 Å². The first kappa shape index (κ1) is 20.6. The second-order valence-electron chi connectivity index (χ2n) is 6.65. The van der Waals surface area contributed by atoms with Crippen LogP contribution in [0.4, 0.5) is 5.69 Å². The number of nitrogens with one attached hydrogen (secondary N) is 1. The number of carbonyl (C=O) groups excluding carboxylic acids is 1. The molecule has 10 heteroatoms. The zero-order valence-corrected chi connectivity index (χ0v) is 17.5. The first-order valence-electron chi connectivity index (χ1n) is 8.50. The number of fused-ring (bicyclic) bond motifs is 1. The van der Waals surface area contributed by atoms with Crippen LogP contribution >= 0.6 is 22.6 Å². The van der Waals surface area contributed by atoms with Gasteiger partial charge in [-0.15, -0.1) is 0 Å². The van der Waals surface area contributed by atoms with E-state index in [1.807, 2.05) is 12.4 Å². The molecular formula is C18H16ClIN4O4. The van der Waals surface area contributed by atoms with Gasteiger partial charge in [-0.3, -0.25) is 15.1 Å². The number of halogens is 2. The predicted molar refractivity (Wildman–Crippen MR) is 107 cm³/mol. The maximum atomic E-state index is 12.1. The van der Waals surface area contributed by atoms with Gasteiger partial charge >= 0.3 is 5.97 Å². The number of aliphatic imine (C=N–C) groups is 2. The molecule has 1 aromatic rings. The van der Waals surface area contributed by atoms with Crippen LogP contribution in [-0.2, 0) is 4.74 Å². The highest BCUT2D eigenvalue weighted by Gasteiger charge is 2.40. The average molecular weight is 515 g/mol. The number of allylic oxidation sites excluding steroid dienone is 2. The topological polar surface area (TPSA) is 98.6 Å². The van der Waals surface area contributed by atoms with E-state index in [1.165, 1.54) is 24.3 Å². The number of carbonyl (C=O) groups is 1. The van der Waals surface area contributed by atoms with Crippen molar-refractivity contribution < 1.29 is 31.8 Å². The second-order valence-corrected chi connectivity index (χ2v) is 7.67. The fourth-order valence-electron chi connectivity index (χ4n) is 3.41. The number of nitro benzene ring substituents is 1. The molecule has 146 valence electrons. The van der Waals surface area contributed by atoms with Crippen molar-refractivity contribution in [3.63, 3.8) is 0 Å². The third-order valence-electron chi connectivity index (χ3n) is 4.92. The predicted octanol–water partition coefficient (Wildman–Crippen LogP) is -0.761. The minimum atomic E-state index is -0.498. The molecule has 1 fully saturated rings. The van der Waals surface area contributed by atoms with E-state index >= 15 is 0 Å². The molecule has 0 radical (unpaired) electrons. The Labute approximate surface area is 180 Å². The number of rotatable bonds is 5. The zero-order valence-electron chi connectivity index (χ0n) is 14.5. The molecule has 2 aliphatic heterocycles. The molecule has 0 bridgehead atoms. The Morgan fingerprint density at radius 3 is 2.71 bits per heavy atom. The molecular weight excluding hydrogens is 499 g/mol. The number of esters is 1. The first-order valence-corrected chi connectivity index (χ1v) is 9.58. The number of benzene rings is 1. The number of nitro groups is 1. The molecule has 1 aliphatic carbocycles. The summed E-state index contributed by atoms with van der Waals surface area (Å²) in [5.74, 6) is 0.213. The number of non-ortho nitro benzene ring substituents is 1. The van der Waals surface area contributed by atoms with E-state index in [2.05, 4.69) is 27.6 Å². The van der Waals surface area contributed by atoms with Gasteiger partial charge in [-0.2, -0.15) is 4.99 Å². The molecule has 28 heavy (non-hydrogen) atoms. The number of hydrogen-bond donors (Lipinski definition) is 1. The molecule has 4 rings (SSSR count). The van der Waals surface area contributed by atoms with Crippen LogP contribution in [-0.4, -0.2) is 27.6 Å². The molecule has 1 atom stereocenters. The lowest BCUT2D eigenvalue weighted by molar-refractivity contribution is -0.684. The fraction of sp³-hybridized carbons (Fsp3) is 0.278. The van der Waals surface area contributed by atoms with Crippen LogP contribution in [0.2, 0.25) is 0 Å². The summed E-state index contributed by atoms with van der Waals surface area (Å²) >= 11 is 2.25. The molecule has 0 amide bonds. The van der Waals surface area contributed by atoms with Crippen LogP contribution in [0.1, 0.15) is 23.2 Å². The van der Waals surface area contributed by atoms with Crippen LogP contribution < -0.4 is 17.3 Å². The van der Waals surface area contributed by atoms with Crippen molar-refractivity contribution in [2.24, 2.45) is 21.8 Å². The lowest BCUT2D eigenvalue weighted by Crippen LogP contribution is -3.07. The number of ether oxygens (including phenoxy) is 1. The summed E-state index contributed by atoms with van der Waals surface area (Å²) in [4.78, 5) is 32.3. The Balaban J connectivity index is 0.00000225. The van der Waals surface area contributed by atoms with Gasteiger partial charge in [0.15, 0.2) is 5.70 Å². The van der Waals surface area contributed by atoms with Crippen molar-refractivity contribution >= 4 is 44.3 Å². The normalized spacial score (nSPS) is 24.8. The van der Waals surface area contributed by atoms with Crippen LogP contribution in [0, 0.1) is 22.0 Å². The molecule has 0 aromatic heterocycles. The highest BCUT2D eigenvalue weighted by atomic mass is 127. The van der Waals surface area contributed by atoms with Gasteiger partial charge in [0, 0.05) is 18.1 Å². The van der Waals surface area contributed by atoms with Gasteiger partial charge in [0.1, 0.15) is 11.9 Å². The Bertz CT molecular complexity index is 920. The Hall–Kier alpha value is -2.11. The maximum Gasteiger partial charge on any atom is 0.338 e.